The molecule has 4 atom stereocenters. The van der Waals surface area contributed by atoms with Gasteiger partial charge in [0, 0.05) is 0 Å². The molecule has 0 rings (SSSR count). The summed E-state index contributed by atoms with van der Waals surface area (Å²) in [6, 6.07) is -1.00. The molecule has 1 amide bonds. The highest BCUT2D eigenvalue weighted by Gasteiger charge is 2.28. The van der Waals surface area contributed by atoms with E-state index in [0.717, 1.165) is 38.5 Å². The van der Waals surface area contributed by atoms with Gasteiger partial charge in [-0.1, -0.05) is 224 Å². The number of allylic oxidation sites excluding steroid dienone is 4. The number of aliphatic hydroxyl groups excluding tert-OH is 4. The van der Waals surface area contributed by atoms with E-state index in [1.165, 1.54) is 180 Å². The van der Waals surface area contributed by atoms with Crippen LogP contribution in [0.2, 0.25) is 0 Å². The molecule has 0 aliphatic heterocycles. The molecule has 0 aliphatic rings. The Kier molecular flexibility index (Phi) is 42.9. The van der Waals surface area contributed by atoms with Crippen LogP contribution in [0.4, 0.5) is 0 Å². The van der Waals surface area contributed by atoms with Gasteiger partial charge >= 0.3 is 0 Å². The molecule has 0 aromatic carbocycles. The Bertz CT molecular complexity index is 832. The molecule has 326 valence electrons. The summed E-state index contributed by atoms with van der Waals surface area (Å²) in [5.74, 6) is -0.594. The molecule has 6 nitrogen and oxygen atoms in total. The smallest absolute Gasteiger partial charge is 0.249 e. The number of nitrogens with one attached hydrogen (secondary N) is 1. The van der Waals surface area contributed by atoms with Gasteiger partial charge in [-0.05, 0) is 51.4 Å². The predicted molar refractivity (Wildman–Crippen MR) is 237 cm³/mol. The van der Waals surface area contributed by atoms with Gasteiger partial charge in [0.15, 0.2) is 0 Å². The average Bonchev–Trinajstić information content (AvgIpc) is 3.19. The maximum atomic E-state index is 12.5. The summed E-state index contributed by atoms with van der Waals surface area (Å²) in [7, 11) is 0. The highest BCUT2D eigenvalue weighted by atomic mass is 16.3. The summed E-state index contributed by atoms with van der Waals surface area (Å²) >= 11 is 0. The first-order valence-corrected chi connectivity index (χ1v) is 24.2. The monoisotopic (exact) mass is 778 g/mol. The topological polar surface area (TPSA) is 110 Å². The van der Waals surface area contributed by atoms with Crippen molar-refractivity contribution in [3.8, 4) is 0 Å². The van der Waals surface area contributed by atoms with Crippen LogP contribution in [0.3, 0.4) is 0 Å². The zero-order chi connectivity index (χ0) is 40.3. The Morgan fingerprint density at radius 2 is 0.764 bits per heavy atom. The molecular formula is C49H95NO5. The average molecular weight is 778 g/mol. The van der Waals surface area contributed by atoms with Gasteiger partial charge in [0.05, 0.1) is 18.8 Å². The molecular weight excluding hydrogens is 683 g/mol. The standard InChI is InChI=1S/C49H95NO5/c1-3-5-7-9-11-13-15-17-19-20-21-22-23-24-25-26-27-28-29-31-33-35-37-39-41-43-47(53)49(55)50-45(44-51)48(54)46(52)42-40-38-36-34-32-30-18-16-14-12-10-8-6-4-2/h16,18,34,36,45-48,51-54H,3-15,17,19-33,35,37-44H2,1-2H3,(H,50,55)/b18-16+,36-34+. The Hall–Kier alpha value is -1.21. The van der Waals surface area contributed by atoms with E-state index in [0.29, 0.717) is 19.3 Å². The number of amides is 1. The maximum absolute atomic E-state index is 12.5. The number of carbonyl (C=O) groups excluding carboxylic acids is 1. The van der Waals surface area contributed by atoms with Crippen molar-refractivity contribution < 1.29 is 25.2 Å². The van der Waals surface area contributed by atoms with Gasteiger partial charge in [-0.3, -0.25) is 4.79 Å². The van der Waals surface area contributed by atoms with Crippen molar-refractivity contribution in [2.24, 2.45) is 0 Å². The summed E-state index contributed by atoms with van der Waals surface area (Å²) < 4.78 is 0. The third kappa shape index (κ3) is 38.1. The minimum Gasteiger partial charge on any atom is -0.394 e. The SMILES string of the molecule is CCCCCCC/C=C/CC/C=C/CCCC(O)C(O)C(CO)NC(=O)C(O)CCCCCCCCCCCCCCCCCCCCCCCCCCC. The fourth-order valence-electron chi connectivity index (χ4n) is 7.54. The Morgan fingerprint density at radius 1 is 0.436 bits per heavy atom. The van der Waals surface area contributed by atoms with Gasteiger partial charge in [-0.2, -0.15) is 0 Å². The maximum Gasteiger partial charge on any atom is 0.249 e. The second-order valence-electron chi connectivity index (χ2n) is 16.8. The van der Waals surface area contributed by atoms with E-state index in [1.807, 2.05) is 0 Å². The van der Waals surface area contributed by atoms with Crippen LogP contribution in [-0.4, -0.2) is 57.3 Å². The molecule has 0 aliphatic carbocycles. The van der Waals surface area contributed by atoms with Gasteiger partial charge < -0.3 is 25.7 Å². The minimum atomic E-state index is -1.29. The molecule has 0 saturated heterocycles. The van der Waals surface area contributed by atoms with Crippen molar-refractivity contribution in [2.45, 2.75) is 276 Å². The zero-order valence-corrected chi connectivity index (χ0v) is 36.7. The second kappa shape index (κ2) is 43.9. The van der Waals surface area contributed by atoms with Crippen molar-refractivity contribution in [1.82, 2.24) is 5.32 Å². The van der Waals surface area contributed by atoms with Crippen LogP contribution in [0.25, 0.3) is 0 Å². The van der Waals surface area contributed by atoms with E-state index < -0.39 is 36.9 Å². The lowest BCUT2D eigenvalue weighted by Gasteiger charge is -2.27. The molecule has 0 heterocycles. The molecule has 0 spiro atoms. The van der Waals surface area contributed by atoms with Crippen molar-refractivity contribution in [1.29, 1.82) is 0 Å². The number of unbranched alkanes of at least 4 members (excludes halogenated alkanes) is 31. The van der Waals surface area contributed by atoms with Crippen molar-refractivity contribution >= 4 is 5.91 Å². The van der Waals surface area contributed by atoms with E-state index in [4.69, 9.17) is 0 Å². The first-order valence-electron chi connectivity index (χ1n) is 24.2. The molecule has 0 bridgehead atoms. The van der Waals surface area contributed by atoms with Gasteiger partial charge in [0.2, 0.25) is 5.91 Å². The van der Waals surface area contributed by atoms with E-state index in [2.05, 4.69) is 43.5 Å². The Balaban J connectivity index is 3.66. The number of hydrogen-bond donors (Lipinski definition) is 5. The first-order chi connectivity index (χ1) is 27.0. The Morgan fingerprint density at radius 3 is 1.15 bits per heavy atom. The fraction of sp³-hybridized carbons (Fsp3) is 0.898. The summed E-state index contributed by atoms with van der Waals surface area (Å²) in [5.41, 5.74) is 0. The molecule has 0 radical (unpaired) electrons. The Labute approximate surface area is 342 Å². The summed E-state index contributed by atoms with van der Waals surface area (Å²) in [6.45, 7) is 4.03. The van der Waals surface area contributed by atoms with Crippen molar-refractivity contribution in [2.75, 3.05) is 6.61 Å². The van der Waals surface area contributed by atoms with Crippen LogP contribution >= 0.6 is 0 Å². The van der Waals surface area contributed by atoms with Crippen LogP contribution in [-0.2, 0) is 4.79 Å². The van der Waals surface area contributed by atoms with Crippen LogP contribution in [0.5, 0.6) is 0 Å². The fourth-order valence-corrected chi connectivity index (χ4v) is 7.54. The molecule has 55 heavy (non-hydrogen) atoms. The number of aliphatic hydroxyl groups is 4. The summed E-state index contributed by atoms with van der Waals surface area (Å²) in [5, 5.41) is 43.7. The van der Waals surface area contributed by atoms with Crippen LogP contribution in [0.15, 0.2) is 24.3 Å². The van der Waals surface area contributed by atoms with Gasteiger partial charge in [0.1, 0.15) is 12.2 Å². The summed E-state index contributed by atoms with van der Waals surface area (Å²) in [4.78, 5) is 12.5. The van der Waals surface area contributed by atoms with E-state index in [9.17, 15) is 25.2 Å². The lowest BCUT2D eigenvalue weighted by atomic mass is 10.00. The van der Waals surface area contributed by atoms with Crippen LogP contribution in [0.1, 0.15) is 251 Å². The minimum absolute atomic E-state index is 0.364. The third-order valence-electron chi connectivity index (χ3n) is 11.4. The number of hydrogen-bond acceptors (Lipinski definition) is 5. The molecule has 0 aromatic rings. The quantitative estimate of drug-likeness (QED) is 0.0313. The van der Waals surface area contributed by atoms with Gasteiger partial charge in [-0.25, -0.2) is 0 Å². The molecule has 0 saturated carbocycles. The predicted octanol–water partition coefficient (Wildman–Crippen LogP) is 13.1. The van der Waals surface area contributed by atoms with Crippen LogP contribution in [0, 0.1) is 0 Å². The number of carbonyl (C=O) groups is 1. The molecule has 0 aromatic heterocycles. The number of rotatable bonds is 44. The normalized spacial score (nSPS) is 14.2. The first kappa shape index (κ1) is 53.8. The molecule has 0 fully saturated rings. The van der Waals surface area contributed by atoms with Gasteiger partial charge in [-0.15, -0.1) is 0 Å². The highest BCUT2D eigenvalue weighted by molar-refractivity contribution is 5.80. The largest absolute Gasteiger partial charge is 0.394 e. The zero-order valence-electron chi connectivity index (χ0n) is 36.7. The summed E-state index contributed by atoms with van der Waals surface area (Å²) in [6.07, 6.45) is 50.9. The third-order valence-corrected chi connectivity index (χ3v) is 11.4. The highest BCUT2D eigenvalue weighted by Crippen LogP contribution is 2.17. The lowest BCUT2D eigenvalue weighted by molar-refractivity contribution is -0.132. The van der Waals surface area contributed by atoms with E-state index >= 15 is 0 Å². The molecule has 5 N–H and O–H groups in total. The molecule has 4 unspecified atom stereocenters. The van der Waals surface area contributed by atoms with E-state index in [1.54, 1.807) is 0 Å². The lowest BCUT2D eigenvalue weighted by Crippen LogP contribution is -2.53. The van der Waals surface area contributed by atoms with E-state index in [-0.39, 0.29) is 0 Å². The second-order valence-corrected chi connectivity index (χ2v) is 16.8. The van der Waals surface area contributed by atoms with Crippen LogP contribution < -0.4 is 5.32 Å². The molecule has 6 heteroatoms. The van der Waals surface area contributed by atoms with Gasteiger partial charge in [0.25, 0.3) is 0 Å². The van der Waals surface area contributed by atoms with Crippen molar-refractivity contribution in [3.63, 3.8) is 0 Å². The van der Waals surface area contributed by atoms with Crippen molar-refractivity contribution in [3.05, 3.63) is 24.3 Å².